The average molecular weight is 446 g/mol. The first-order valence-electron chi connectivity index (χ1n) is 10.8. The summed E-state index contributed by atoms with van der Waals surface area (Å²) in [5.74, 6) is -1.29. The van der Waals surface area contributed by atoms with E-state index in [1.54, 1.807) is 26.2 Å². The van der Waals surface area contributed by atoms with E-state index in [-0.39, 0.29) is 18.1 Å². The van der Waals surface area contributed by atoms with Crippen molar-refractivity contribution in [2.75, 3.05) is 20.8 Å². The quantitative estimate of drug-likeness (QED) is 0.429. The minimum atomic E-state index is -1.01. The van der Waals surface area contributed by atoms with Gasteiger partial charge in [0.05, 0.1) is 20.8 Å². The van der Waals surface area contributed by atoms with Crippen LogP contribution in [0.2, 0.25) is 0 Å². The molecule has 3 aromatic rings. The molecule has 0 amide bonds. The van der Waals surface area contributed by atoms with Crippen LogP contribution in [0.15, 0.2) is 60.7 Å². The average Bonchev–Trinajstić information content (AvgIpc) is 2.83. The predicted molar refractivity (Wildman–Crippen MR) is 126 cm³/mol. The summed E-state index contributed by atoms with van der Waals surface area (Å²) in [5, 5.41) is 12.4. The van der Waals surface area contributed by atoms with E-state index in [0.717, 1.165) is 16.3 Å². The van der Waals surface area contributed by atoms with Gasteiger partial charge >= 0.3 is 5.97 Å². The zero-order valence-corrected chi connectivity index (χ0v) is 18.8. The molecule has 6 nitrogen and oxygen atoms in total. The van der Waals surface area contributed by atoms with Crippen molar-refractivity contribution in [2.24, 2.45) is 5.92 Å². The van der Waals surface area contributed by atoms with Crippen LogP contribution in [-0.2, 0) is 14.3 Å². The molecule has 1 aliphatic rings. The Hall–Kier alpha value is -3.80. The summed E-state index contributed by atoms with van der Waals surface area (Å²) in [6, 6.07) is 16.5. The number of hydrogen-bond donors (Lipinski definition) is 1. The Bertz CT molecular complexity index is 1240. The summed E-state index contributed by atoms with van der Waals surface area (Å²) in [7, 11) is 3.11. The van der Waals surface area contributed by atoms with Gasteiger partial charge in [0.1, 0.15) is 23.2 Å². The van der Waals surface area contributed by atoms with Gasteiger partial charge < -0.3 is 19.3 Å². The van der Waals surface area contributed by atoms with Crippen LogP contribution in [0.1, 0.15) is 30.4 Å². The molecular formula is C27H26O6. The molecule has 0 aromatic heterocycles. The zero-order valence-electron chi connectivity index (χ0n) is 18.8. The molecule has 2 unspecified atom stereocenters. The van der Waals surface area contributed by atoms with Crippen LogP contribution >= 0.6 is 0 Å². The summed E-state index contributed by atoms with van der Waals surface area (Å²) in [5.41, 5.74) is 1.89. The molecule has 0 saturated carbocycles. The molecule has 0 spiro atoms. The Morgan fingerprint density at radius 2 is 1.85 bits per heavy atom. The lowest BCUT2D eigenvalue weighted by Gasteiger charge is -2.31. The summed E-state index contributed by atoms with van der Waals surface area (Å²) in [6.45, 7) is 1.89. The number of carbonyl (C=O) groups is 2. The normalized spacial score (nSPS) is 18.0. The van der Waals surface area contributed by atoms with Crippen LogP contribution in [0.25, 0.3) is 16.3 Å². The van der Waals surface area contributed by atoms with Crippen molar-refractivity contribution in [1.82, 2.24) is 0 Å². The van der Waals surface area contributed by atoms with Crippen molar-refractivity contribution in [1.29, 1.82) is 0 Å². The number of benzene rings is 3. The number of carbonyl (C=O) groups excluding carboxylic acids is 2. The third-order valence-corrected chi connectivity index (χ3v) is 6.08. The van der Waals surface area contributed by atoms with Crippen molar-refractivity contribution in [3.8, 4) is 17.2 Å². The second-order valence-electron chi connectivity index (χ2n) is 7.90. The van der Waals surface area contributed by atoms with E-state index in [4.69, 9.17) is 14.2 Å². The van der Waals surface area contributed by atoms with E-state index in [1.807, 2.05) is 36.4 Å². The lowest BCUT2D eigenvalue weighted by atomic mass is 9.72. The van der Waals surface area contributed by atoms with Gasteiger partial charge in [-0.25, -0.2) is 0 Å². The third-order valence-electron chi connectivity index (χ3n) is 6.08. The van der Waals surface area contributed by atoms with E-state index < -0.39 is 17.8 Å². The Kier molecular flexibility index (Phi) is 6.36. The van der Waals surface area contributed by atoms with E-state index >= 15 is 0 Å². The van der Waals surface area contributed by atoms with Crippen molar-refractivity contribution in [3.63, 3.8) is 0 Å². The fourth-order valence-electron chi connectivity index (χ4n) is 4.58. The smallest absolute Gasteiger partial charge is 0.317 e. The molecular weight excluding hydrogens is 420 g/mol. The molecule has 0 heterocycles. The highest BCUT2D eigenvalue weighted by Gasteiger charge is 2.42. The first kappa shape index (κ1) is 22.4. The maximum absolute atomic E-state index is 13.3. The Morgan fingerprint density at radius 1 is 1.06 bits per heavy atom. The van der Waals surface area contributed by atoms with Crippen molar-refractivity contribution in [2.45, 2.75) is 19.3 Å². The van der Waals surface area contributed by atoms with Gasteiger partial charge in [0, 0.05) is 17.0 Å². The van der Waals surface area contributed by atoms with Gasteiger partial charge in [-0.05, 0) is 60.0 Å². The molecule has 1 aliphatic carbocycles. The summed E-state index contributed by atoms with van der Waals surface area (Å²) >= 11 is 0. The first-order chi connectivity index (χ1) is 16.0. The largest absolute Gasteiger partial charge is 0.507 e. The standard InChI is InChI=1S/C27H26O6/c1-4-33-27(30)26-21(25-19-8-6-5-7-16(19)9-12-24(25)32-3)13-17(14-23(26)29)20-15-18(31-2)10-11-22(20)28/h5-12,14-15,21,26,28H,4,13H2,1-3H3. The number of ketones is 1. The van der Waals surface area contributed by atoms with Gasteiger partial charge in [-0.2, -0.15) is 0 Å². The molecule has 6 heteroatoms. The molecule has 0 radical (unpaired) electrons. The maximum Gasteiger partial charge on any atom is 0.317 e. The highest BCUT2D eigenvalue weighted by Crippen LogP contribution is 2.47. The number of esters is 1. The minimum Gasteiger partial charge on any atom is -0.507 e. The molecule has 0 fully saturated rings. The number of ether oxygens (including phenoxy) is 3. The van der Waals surface area contributed by atoms with Gasteiger partial charge in [0.25, 0.3) is 0 Å². The Morgan fingerprint density at radius 3 is 2.58 bits per heavy atom. The topological polar surface area (TPSA) is 82.1 Å². The highest BCUT2D eigenvalue weighted by molar-refractivity contribution is 6.11. The van der Waals surface area contributed by atoms with Crippen LogP contribution in [0.5, 0.6) is 17.2 Å². The van der Waals surface area contributed by atoms with Crippen LogP contribution in [-0.4, -0.2) is 37.7 Å². The van der Waals surface area contributed by atoms with Crippen molar-refractivity contribution in [3.05, 3.63) is 71.8 Å². The zero-order chi connectivity index (χ0) is 23.5. The predicted octanol–water partition coefficient (Wildman–Crippen LogP) is 4.88. The summed E-state index contributed by atoms with van der Waals surface area (Å²) < 4.78 is 16.3. The van der Waals surface area contributed by atoms with Crippen LogP contribution in [0.4, 0.5) is 0 Å². The number of fused-ring (bicyclic) bond motifs is 1. The van der Waals surface area contributed by atoms with E-state index in [2.05, 4.69) is 0 Å². The first-order valence-corrected chi connectivity index (χ1v) is 10.8. The Labute approximate surface area is 192 Å². The van der Waals surface area contributed by atoms with E-state index in [0.29, 0.717) is 29.1 Å². The van der Waals surface area contributed by atoms with Crippen molar-refractivity contribution < 1.29 is 28.9 Å². The Balaban J connectivity index is 1.92. The molecule has 0 bridgehead atoms. The second kappa shape index (κ2) is 9.36. The fraction of sp³-hybridized carbons (Fsp3) is 0.259. The number of aromatic hydroxyl groups is 1. The monoisotopic (exact) mass is 446 g/mol. The van der Waals surface area contributed by atoms with Crippen LogP contribution in [0.3, 0.4) is 0 Å². The van der Waals surface area contributed by atoms with E-state index in [9.17, 15) is 14.7 Å². The molecule has 2 atom stereocenters. The lowest BCUT2D eigenvalue weighted by molar-refractivity contribution is -0.151. The highest BCUT2D eigenvalue weighted by atomic mass is 16.5. The lowest BCUT2D eigenvalue weighted by Crippen LogP contribution is -2.34. The fourth-order valence-corrected chi connectivity index (χ4v) is 4.58. The third kappa shape index (κ3) is 4.16. The number of rotatable bonds is 6. The van der Waals surface area contributed by atoms with Crippen LogP contribution < -0.4 is 9.47 Å². The van der Waals surface area contributed by atoms with E-state index in [1.165, 1.54) is 19.3 Å². The molecule has 3 aromatic carbocycles. The molecule has 170 valence electrons. The molecule has 4 rings (SSSR count). The minimum absolute atomic E-state index is 0.0352. The second-order valence-corrected chi connectivity index (χ2v) is 7.90. The molecule has 0 saturated heterocycles. The van der Waals surface area contributed by atoms with Gasteiger partial charge in [-0.15, -0.1) is 0 Å². The molecule has 1 N–H and O–H groups in total. The molecule has 33 heavy (non-hydrogen) atoms. The van der Waals surface area contributed by atoms with Gasteiger partial charge in [0.2, 0.25) is 0 Å². The number of phenolic OH excluding ortho intramolecular Hbond substituents is 1. The molecule has 0 aliphatic heterocycles. The van der Waals surface area contributed by atoms with Crippen LogP contribution in [0, 0.1) is 5.92 Å². The van der Waals surface area contributed by atoms with Crippen molar-refractivity contribution >= 4 is 28.1 Å². The summed E-state index contributed by atoms with van der Waals surface area (Å²) in [6.07, 6.45) is 1.77. The number of allylic oxidation sites excluding steroid dienone is 2. The maximum atomic E-state index is 13.3. The van der Waals surface area contributed by atoms with Gasteiger partial charge in [-0.3, -0.25) is 9.59 Å². The number of methoxy groups -OCH3 is 2. The number of hydrogen-bond acceptors (Lipinski definition) is 6. The van der Waals surface area contributed by atoms with Gasteiger partial charge in [-0.1, -0.05) is 30.3 Å². The number of phenols is 1. The van der Waals surface area contributed by atoms with Gasteiger partial charge in [0.15, 0.2) is 5.78 Å². The SMILES string of the molecule is CCOC(=O)C1C(=O)C=C(c2cc(OC)ccc2O)CC1c1c(OC)ccc2ccccc12. The summed E-state index contributed by atoms with van der Waals surface area (Å²) in [4.78, 5) is 26.3.